The summed E-state index contributed by atoms with van der Waals surface area (Å²) in [6, 6.07) is 3.81. The Hall–Kier alpha value is -2.13. The average Bonchev–Trinajstić information content (AvgIpc) is 2.81. The summed E-state index contributed by atoms with van der Waals surface area (Å²) in [7, 11) is 0.625. The fraction of sp³-hybridized carbons (Fsp3) is 0.500. The first-order valence-corrected chi connectivity index (χ1v) is 9.26. The molecule has 1 fully saturated rings. The Labute approximate surface area is 148 Å². The molecule has 0 saturated carbocycles. The molecular weight excluding hydrogens is 346 g/mol. The van der Waals surface area contributed by atoms with Gasteiger partial charge in [-0.15, -0.1) is 0 Å². The maximum Gasteiger partial charge on any atom is 0.331 e. The molecule has 9 heteroatoms. The van der Waals surface area contributed by atoms with Crippen molar-refractivity contribution in [2.45, 2.75) is 18.7 Å². The Balaban J connectivity index is 2.41. The van der Waals surface area contributed by atoms with Crippen molar-refractivity contribution in [3.05, 3.63) is 18.2 Å². The van der Waals surface area contributed by atoms with E-state index in [0.29, 0.717) is 12.2 Å². The highest BCUT2D eigenvalue weighted by Crippen LogP contribution is 2.34. The Morgan fingerprint density at radius 3 is 2.40 bits per heavy atom. The predicted molar refractivity (Wildman–Crippen MR) is 93.2 cm³/mol. The van der Waals surface area contributed by atoms with Gasteiger partial charge in [0.05, 0.1) is 17.7 Å². The SMILES string of the molecule is COc1cc(S(=O)(=O)N(C)C)ccc1N1CC(=O)N(CC(C)C)C1=O. The number of ether oxygens (including phenoxy) is 1. The highest BCUT2D eigenvalue weighted by Gasteiger charge is 2.38. The van der Waals surface area contributed by atoms with Crippen molar-refractivity contribution in [3.63, 3.8) is 0 Å². The molecule has 3 amide bonds. The molecular formula is C16H23N3O5S. The summed E-state index contributed by atoms with van der Waals surface area (Å²) < 4.78 is 30.9. The van der Waals surface area contributed by atoms with Crippen LogP contribution in [0.15, 0.2) is 23.1 Å². The van der Waals surface area contributed by atoms with Crippen LogP contribution in [0.1, 0.15) is 13.8 Å². The lowest BCUT2D eigenvalue weighted by Gasteiger charge is -2.21. The molecule has 0 unspecified atom stereocenters. The topological polar surface area (TPSA) is 87.2 Å². The number of hydrogen-bond acceptors (Lipinski definition) is 5. The van der Waals surface area contributed by atoms with Crippen LogP contribution in [-0.2, 0) is 14.8 Å². The minimum atomic E-state index is -3.63. The molecule has 25 heavy (non-hydrogen) atoms. The van der Waals surface area contributed by atoms with Gasteiger partial charge in [0.25, 0.3) is 5.91 Å². The van der Waals surface area contributed by atoms with Crippen LogP contribution in [0.25, 0.3) is 0 Å². The van der Waals surface area contributed by atoms with E-state index in [-0.39, 0.29) is 29.0 Å². The van der Waals surface area contributed by atoms with Gasteiger partial charge in [-0.05, 0) is 18.1 Å². The second kappa shape index (κ2) is 7.01. The summed E-state index contributed by atoms with van der Waals surface area (Å²) in [6.45, 7) is 4.08. The van der Waals surface area contributed by atoms with Gasteiger partial charge in [0.2, 0.25) is 10.0 Å². The van der Waals surface area contributed by atoms with E-state index >= 15 is 0 Å². The van der Waals surface area contributed by atoms with Crippen LogP contribution in [0, 0.1) is 5.92 Å². The smallest absolute Gasteiger partial charge is 0.331 e. The van der Waals surface area contributed by atoms with Gasteiger partial charge in [-0.3, -0.25) is 14.6 Å². The number of nitrogens with zero attached hydrogens (tertiary/aromatic N) is 3. The van der Waals surface area contributed by atoms with Crippen LogP contribution in [0.3, 0.4) is 0 Å². The van der Waals surface area contributed by atoms with Crippen molar-refractivity contribution >= 4 is 27.6 Å². The van der Waals surface area contributed by atoms with Crippen molar-refractivity contribution in [1.82, 2.24) is 9.21 Å². The average molecular weight is 369 g/mol. The molecule has 1 heterocycles. The molecule has 138 valence electrons. The van der Waals surface area contributed by atoms with Crippen molar-refractivity contribution in [3.8, 4) is 5.75 Å². The van der Waals surface area contributed by atoms with E-state index in [1.54, 1.807) is 0 Å². The minimum absolute atomic E-state index is 0.0510. The number of methoxy groups -OCH3 is 1. The number of amides is 3. The van der Waals surface area contributed by atoms with E-state index in [4.69, 9.17) is 4.74 Å². The quantitative estimate of drug-likeness (QED) is 0.707. The van der Waals surface area contributed by atoms with Gasteiger partial charge >= 0.3 is 6.03 Å². The summed E-state index contributed by atoms with van der Waals surface area (Å²) >= 11 is 0. The number of benzene rings is 1. The van der Waals surface area contributed by atoms with E-state index in [0.717, 1.165) is 4.31 Å². The standard InChI is InChI=1S/C16H23N3O5S/c1-11(2)9-19-15(20)10-18(16(19)21)13-7-6-12(8-14(13)24-5)25(22,23)17(3)4/h6-8,11H,9-10H2,1-5H3. The van der Waals surface area contributed by atoms with Crippen LogP contribution in [0.4, 0.5) is 10.5 Å². The van der Waals surface area contributed by atoms with Gasteiger partial charge in [-0.25, -0.2) is 17.5 Å². The lowest BCUT2D eigenvalue weighted by molar-refractivity contribution is -0.125. The number of hydrogen-bond donors (Lipinski definition) is 0. The summed E-state index contributed by atoms with van der Waals surface area (Å²) in [6.07, 6.45) is 0. The monoisotopic (exact) mass is 369 g/mol. The number of anilines is 1. The van der Waals surface area contributed by atoms with Gasteiger partial charge in [0.1, 0.15) is 12.3 Å². The highest BCUT2D eigenvalue weighted by molar-refractivity contribution is 7.89. The number of sulfonamides is 1. The van der Waals surface area contributed by atoms with E-state index < -0.39 is 16.1 Å². The van der Waals surface area contributed by atoms with Crippen molar-refractivity contribution < 1.29 is 22.7 Å². The number of urea groups is 1. The largest absolute Gasteiger partial charge is 0.495 e. The molecule has 0 aromatic heterocycles. The van der Waals surface area contributed by atoms with Crippen molar-refractivity contribution in [1.29, 1.82) is 0 Å². The first-order chi connectivity index (χ1) is 11.6. The Morgan fingerprint density at radius 1 is 1.24 bits per heavy atom. The summed E-state index contributed by atoms with van der Waals surface area (Å²) in [4.78, 5) is 27.3. The van der Waals surface area contributed by atoms with E-state index in [1.807, 2.05) is 13.8 Å². The summed E-state index contributed by atoms with van der Waals surface area (Å²) in [5.74, 6) is 0.0866. The number of carbonyl (C=O) groups excluding carboxylic acids is 2. The third kappa shape index (κ3) is 3.62. The molecule has 2 rings (SSSR count). The maximum atomic E-state index is 12.6. The van der Waals surface area contributed by atoms with Crippen LogP contribution >= 0.6 is 0 Å². The molecule has 1 aromatic carbocycles. The maximum absolute atomic E-state index is 12.6. The second-order valence-corrected chi connectivity index (χ2v) is 8.54. The molecule has 1 aliphatic rings. The molecule has 1 aromatic rings. The first-order valence-electron chi connectivity index (χ1n) is 7.82. The summed E-state index contributed by atoms with van der Waals surface area (Å²) in [5, 5.41) is 0. The number of rotatable bonds is 6. The normalized spacial score (nSPS) is 15.6. The van der Waals surface area contributed by atoms with Gasteiger partial charge in [-0.1, -0.05) is 13.8 Å². The van der Waals surface area contributed by atoms with Crippen molar-refractivity contribution in [2.24, 2.45) is 5.92 Å². The molecule has 1 saturated heterocycles. The predicted octanol–water partition coefficient (Wildman–Crippen LogP) is 1.37. The zero-order chi connectivity index (χ0) is 18.9. The van der Waals surface area contributed by atoms with Crippen LogP contribution in [-0.4, -0.2) is 63.9 Å². The van der Waals surface area contributed by atoms with Crippen LogP contribution < -0.4 is 9.64 Å². The van der Waals surface area contributed by atoms with Crippen molar-refractivity contribution in [2.75, 3.05) is 39.2 Å². The Bertz CT molecular complexity index is 789. The van der Waals surface area contributed by atoms with Crippen LogP contribution in [0.2, 0.25) is 0 Å². The minimum Gasteiger partial charge on any atom is -0.495 e. The highest BCUT2D eigenvalue weighted by atomic mass is 32.2. The van der Waals surface area contributed by atoms with E-state index in [9.17, 15) is 18.0 Å². The third-order valence-corrected chi connectivity index (χ3v) is 5.64. The molecule has 0 N–H and O–H groups in total. The molecule has 0 bridgehead atoms. The summed E-state index contributed by atoms with van der Waals surface area (Å²) in [5.41, 5.74) is 0.366. The zero-order valence-electron chi connectivity index (χ0n) is 15.0. The number of carbonyl (C=O) groups is 2. The molecule has 0 spiro atoms. The first kappa shape index (κ1) is 19.2. The van der Waals surface area contributed by atoms with Gasteiger partial charge in [0.15, 0.2) is 0 Å². The second-order valence-electron chi connectivity index (χ2n) is 6.39. The Kier molecular flexibility index (Phi) is 5.38. The van der Waals surface area contributed by atoms with Gasteiger partial charge in [-0.2, -0.15) is 0 Å². The third-order valence-electron chi connectivity index (χ3n) is 3.82. The van der Waals surface area contributed by atoms with Gasteiger partial charge < -0.3 is 4.74 Å². The van der Waals surface area contributed by atoms with Gasteiger partial charge in [0, 0.05) is 26.7 Å². The molecule has 8 nitrogen and oxygen atoms in total. The molecule has 0 radical (unpaired) electrons. The Morgan fingerprint density at radius 2 is 1.88 bits per heavy atom. The van der Waals surface area contributed by atoms with Crippen LogP contribution in [0.5, 0.6) is 5.75 Å². The molecule has 0 aliphatic carbocycles. The zero-order valence-corrected chi connectivity index (χ0v) is 15.8. The lowest BCUT2D eigenvalue weighted by Crippen LogP contribution is -2.35. The fourth-order valence-corrected chi connectivity index (χ4v) is 3.44. The fourth-order valence-electron chi connectivity index (χ4n) is 2.53. The van der Waals surface area contributed by atoms with E-state index in [2.05, 4.69) is 0 Å². The van der Waals surface area contributed by atoms with E-state index in [1.165, 1.54) is 49.2 Å². The molecule has 1 aliphatic heterocycles. The molecule has 0 atom stereocenters. The number of imide groups is 1. The lowest BCUT2D eigenvalue weighted by atomic mass is 10.2.